The van der Waals surface area contributed by atoms with Gasteiger partial charge in [0.25, 0.3) is 0 Å². The summed E-state index contributed by atoms with van der Waals surface area (Å²) >= 11 is 0. The second-order valence-electron chi connectivity index (χ2n) is 6.30. The van der Waals surface area contributed by atoms with E-state index < -0.39 is 0 Å². The fourth-order valence-corrected chi connectivity index (χ4v) is 3.17. The third-order valence-electron chi connectivity index (χ3n) is 4.57. The SMILES string of the molecule is Cc1cccc(N2CCN(C(C)CC(C)N)CC2)c1C. The van der Waals surface area contributed by atoms with E-state index in [9.17, 15) is 0 Å². The van der Waals surface area contributed by atoms with Crippen molar-refractivity contribution in [2.75, 3.05) is 31.1 Å². The highest BCUT2D eigenvalue weighted by atomic mass is 15.3. The van der Waals surface area contributed by atoms with Crippen LogP contribution in [0.4, 0.5) is 5.69 Å². The van der Waals surface area contributed by atoms with Crippen LogP contribution in [0.25, 0.3) is 0 Å². The topological polar surface area (TPSA) is 32.5 Å². The van der Waals surface area contributed by atoms with E-state index in [2.05, 4.69) is 55.7 Å². The van der Waals surface area contributed by atoms with Crippen molar-refractivity contribution in [3.63, 3.8) is 0 Å². The molecule has 0 bridgehead atoms. The third kappa shape index (κ3) is 3.53. The van der Waals surface area contributed by atoms with Gasteiger partial charge in [0.1, 0.15) is 0 Å². The Hall–Kier alpha value is -1.06. The fourth-order valence-electron chi connectivity index (χ4n) is 3.17. The molecule has 0 aliphatic carbocycles. The van der Waals surface area contributed by atoms with Crippen molar-refractivity contribution in [1.82, 2.24) is 4.90 Å². The average molecular weight is 275 g/mol. The van der Waals surface area contributed by atoms with Crippen LogP contribution in [0.1, 0.15) is 31.4 Å². The first kappa shape index (κ1) is 15.3. The van der Waals surface area contributed by atoms with E-state index in [-0.39, 0.29) is 0 Å². The molecule has 3 nitrogen and oxygen atoms in total. The maximum Gasteiger partial charge on any atom is 0.0399 e. The summed E-state index contributed by atoms with van der Waals surface area (Å²) in [6.07, 6.45) is 1.09. The van der Waals surface area contributed by atoms with Gasteiger partial charge >= 0.3 is 0 Å². The Balaban J connectivity index is 1.96. The second-order valence-corrected chi connectivity index (χ2v) is 6.30. The first-order chi connectivity index (χ1) is 9.49. The first-order valence-electron chi connectivity index (χ1n) is 7.80. The molecule has 2 rings (SSSR count). The molecule has 20 heavy (non-hydrogen) atoms. The minimum absolute atomic E-state index is 0.294. The lowest BCUT2D eigenvalue weighted by Gasteiger charge is -2.40. The van der Waals surface area contributed by atoms with E-state index >= 15 is 0 Å². The molecule has 2 N–H and O–H groups in total. The molecule has 1 heterocycles. The van der Waals surface area contributed by atoms with Crippen molar-refractivity contribution < 1.29 is 0 Å². The molecule has 2 unspecified atom stereocenters. The van der Waals surface area contributed by atoms with Crippen molar-refractivity contribution in [2.24, 2.45) is 5.73 Å². The number of piperazine rings is 1. The first-order valence-corrected chi connectivity index (χ1v) is 7.80. The van der Waals surface area contributed by atoms with Gasteiger partial charge in [-0.15, -0.1) is 0 Å². The molecule has 3 heteroatoms. The number of aryl methyl sites for hydroxylation is 1. The van der Waals surface area contributed by atoms with Crippen molar-refractivity contribution in [3.8, 4) is 0 Å². The normalized spacial score (nSPS) is 19.9. The Labute approximate surface area is 123 Å². The molecule has 0 radical (unpaired) electrons. The summed E-state index contributed by atoms with van der Waals surface area (Å²) in [7, 11) is 0. The zero-order valence-corrected chi connectivity index (χ0v) is 13.4. The highest BCUT2D eigenvalue weighted by molar-refractivity contribution is 5.56. The molecule has 1 aliphatic rings. The van der Waals surface area contributed by atoms with Crippen LogP contribution in [0, 0.1) is 13.8 Å². The van der Waals surface area contributed by atoms with Gasteiger partial charge in [0, 0.05) is 44.0 Å². The van der Waals surface area contributed by atoms with E-state index in [1.54, 1.807) is 0 Å². The molecule has 1 aliphatic heterocycles. The Bertz CT molecular complexity index is 434. The highest BCUT2D eigenvalue weighted by Crippen LogP contribution is 2.24. The van der Waals surface area contributed by atoms with Gasteiger partial charge in [0.15, 0.2) is 0 Å². The standard InChI is InChI=1S/C17H29N3/c1-13-6-5-7-17(16(13)4)20-10-8-19(9-11-20)15(3)12-14(2)18/h5-7,14-15H,8-12,18H2,1-4H3. The Morgan fingerprint density at radius 1 is 1.10 bits per heavy atom. The van der Waals surface area contributed by atoms with Crippen molar-refractivity contribution in [3.05, 3.63) is 29.3 Å². The lowest BCUT2D eigenvalue weighted by Crippen LogP contribution is -2.50. The smallest absolute Gasteiger partial charge is 0.0399 e. The number of anilines is 1. The molecular formula is C17H29N3. The van der Waals surface area contributed by atoms with Gasteiger partial charge in [-0.1, -0.05) is 12.1 Å². The number of hydrogen-bond acceptors (Lipinski definition) is 3. The molecule has 2 atom stereocenters. The van der Waals surface area contributed by atoms with Crippen LogP contribution in [-0.4, -0.2) is 43.2 Å². The van der Waals surface area contributed by atoms with Crippen LogP contribution in [0.5, 0.6) is 0 Å². The summed E-state index contributed by atoms with van der Waals surface area (Å²) < 4.78 is 0. The Morgan fingerprint density at radius 3 is 2.35 bits per heavy atom. The third-order valence-corrected chi connectivity index (χ3v) is 4.57. The summed E-state index contributed by atoms with van der Waals surface area (Å²) in [6, 6.07) is 7.50. The van der Waals surface area contributed by atoms with Gasteiger partial charge in [-0.3, -0.25) is 4.90 Å². The Kier molecular flexibility index (Phi) is 5.06. The quantitative estimate of drug-likeness (QED) is 0.916. The van der Waals surface area contributed by atoms with E-state index in [4.69, 9.17) is 5.73 Å². The summed E-state index contributed by atoms with van der Waals surface area (Å²) in [5, 5.41) is 0. The van der Waals surface area contributed by atoms with Crippen LogP contribution in [0.15, 0.2) is 18.2 Å². The highest BCUT2D eigenvalue weighted by Gasteiger charge is 2.22. The number of nitrogens with two attached hydrogens (primary N) is 1. The van der Waals surface area contributed by atoms with E-state index in [0.717, 1.165) is 32.6 Å². The van der Waals surface area contributed by atoms with Gasteiger partial charge < -0.3 is 10.6 Å². The summed E-state index contributed by atoms with van der Waals surface area (Å²) in [6.45, 7) is 13.3. The van der Waals surface area contributed by atoms with E-state index in [1.807, 2.05) is 0 Å². The summed E-state index contributed by atoms with van der Waals surface area (Å²) in [4.78, 5) is 5.10. The van der Waals surface area contributed by atoms with Crippen molar-refractivity contribution in [2.45, 2.75) is 46.2 Å². The zero-order chi connectivity index (χ0) is 14.7. The number of hydrogen-bond donors (Lipinski definition) is 1. The minimum atomic E-state index is 0.294. The largest absolute Gasteiger partial charge is 0.369 e. The number of benzene rings is 1. The molecule has 0 spiro atoms. The summed E-state index contributed by atoms with van der Waals surface area (Å²) in [5.41, 5.74) is 10.1. The predicted molar refractivity (Wildman–Crippen MR) is 87.4 cm³/mol. The second kappa shape index (κ2) is 6.59. The van der Waals surface area contributed by atoms with Crippen LogP contribution < -0.4 is 10.6 Å². The molecule has 0 amide bonds. The van der Waals surface area contributed by atoms with E-state index in [1.165, 1.54) is 16.8 Å². The maximum atomic E-state index is 5.92. The van der Waals surface area contributed by atoms with Crippen molar-refractivity contribution in [1.29, 1.82) is 0 Å². The Morgan fingerprint density at radius 2 is 1.75 bits per heavy atom. The molecule has 0 aromatic heterocycles. The van der Waals surface area contributed by atoms with Crippen LogP contribution >= 0.6 is 0 Å². The average Bonchev–Trinajstić information content (AvgIpc) is 2.41. The lowest BCUT2D eigenvalue weighted by molar-refractivity contribution is 0.183. The number of nitrogens with zero attached hydrogens (tertiary/aromatic N) is 2. The molecule has 0 saturated carbocycles. The monoisotopic (exact) mass is 275 g/mol. The number of rotatable bonds is 4. The molecule has 1 aromatic rings. The van der Waals surface area contributed by atoms with Gasteiger partial charge in [0.05, 0.1) is 0 Å². The molecule has 1 aromatic carbocycles. The predicted octanol–water partition coefficient (Wildman–Crippen LogP) is 2.55. The van der Waals surface area contributed by atoms with Crippen LogP contribution in [0.2, 0.25) is 0 Å². The van der Waals surface area contributed by atoms with Crippen LogP contribution in [-0.2, 0) is 0 Å². The minimum Gasteiger partial charge on any atom is -0.369 e. The molecule has 1 fully saturated rings. The summed E-state index contributed by atoms with van der Waals surface area (Å²) in [5.74, 6) is 0. The van der Waals surface area contributed by atoms with Gasteiger partial charge in [-0.05, 0) is 51.3 Å². The van der Waals surface area contributed by atoms with E-state index in [0.29, 0.717) is 12.1 Å². The lowest BCUT2D eigenvalue weighted by atomic mass is 10.1. The van der Waals surface area contributed by atoms with Gasteiger partial charge in [-0.2, -0.15) is 0 Å². The van der Waals surface area contributed by atoms with Crippen LogP contribution in [0.3, 0.4) is 0 Å². The van der Waals surface area contributed by atoms with Gasteiger partial charge in [0.2, 0.25) is 0 Å². The fraction of sp³-hybridized carbons (Fsp3) is 0.647. The molecule has 112 valence electrons. The molecule has 1 saturated heterocycles. The van der Waals surface area contributed by atoms with Gasteiger partial charge in [-0.25, -0.2) is 0 Å². The van der Waals surface area contributed by atoms with Crippen molar-refractivity contribution >= 4 is 5.69 Å². The zero-order valence-electron chi connectivity index (χ0n) is 13.4. The molecular weight excluding hydrogens is 246 g/mol. The maximum absolute atomic E-state index is 5.92.